The van der Waals surface area contributed by atoms with Crippen molar-refractivity contribution in [2.24, 2.45) is 0 Å². The molecular weight excluding hydrogens is 394 g/mol. The number of rotatable bonds is 6. The highest BCUT2D eigenvalue weighted by Gasteiger charge is 2.13. The quantitative estimate of drug-likeness (QED) is 0.454. The van der Waals surface area contributed by atoms with E-state index in [0.29, 0.717) is 16.4 Å². The summed E-state index contributed by atoms with van der Waals surface area (Å²) < 4.78 is 0. The molecule has 0 spiro atoms. The lowest BCUT2D eigenvalue weighted by Gasteiger charge is -2.11. The zero-order valence-electron chi connectivity index (χ0n) is 16.0. The Morgan fingerprint density at radius 2 is 1.47 bits per heavy atom. The molecular formula is C24H19N3O2S. The van der Waals surface area contributed by atoms with Crippen molar-refractivity contribution in [1.29, 1.82) is 0 Å². The van der Waals surface area contributed by atoms with Crippen molar-refractivity contribution >= 4 is 34.0 Å². The van der Waals surface area contributed by atoms with Crippen LogP contribution < -0.4 is 10.6 Å². The standard InChI is InChI=1S/C24H19N3O2S/c28-22(26-21-14-8-7-13-20(21)17-9-3-1-4-10-17)15-19-16-30-24(25-19)27-23(29)18-11-5-2-6-12-18/h1-14,16H,15H2,(H,26,28)(H,25,27,29). The third-order valence-corrected chi connectivity index (χ3v) is 5.24. The number of benzene rings is 3. The zero-order valence-corrected chi connectivity index (χ0v) is 16.9. The highest BCUT2D eigenvalue weighted by molar-refractivity contribution is 7.14. The molecule has 1 heterocycles. The molecule has 30 heavy (non-hydrogen) atoms. The number of amides is 2. The summed E-state index contributed by atoms with van der Waals surface area (Å²) >= 11 is 1.30. The molecule has 148 valence electrons. The second kappa shape index (κ2) is 9.15. The third kappa shape index (κ3) is 4.79. The van der Waals surface area contributed by atoms with Crippen LogP contribution in [0, 0.1) is 0 Å². The Bertz CT molecular complexity index is 1160. The Labute approximate surface area is 178 Å². The van der Waals surface area contributed by atoms with Crippen LogP contribution in [-0.4, -0.2) is 16.8 Å². The molecule has 2 N–H and O–H groups in total. The highest BCUT2D eigenvalue weighted by Crippen LogP contribution is 2.27. The van der Waals surface area contributed by atoms with E-state index in [9.17, 15) is 9.59 Å². The summed E-state index contributed by atoms with van der Waals surface area (Å²) in [6, 6.07) is 26.5. The molecule has 6 heteroatoms. The van der Waals surface area contributed by atoms with Gasteiger partial charge in [0.15, 0.2) is 5.13 Å². The summed E-state index contributed by atoms with van der Waals surface area (Å²) in [5.74, 6) is -0.387. The fourth-order valence-electron chi connectivity index (χ4n) is 3.02. The van der Waals surface area contributed by atoms with Crippen molar-refractivity contribution in [2.45, 2.75) is 6.42 Å². The predicted octanol–water partition coefficient (Wildman–Crippen LogP) is 5.24. The van der Waals surface area contributed by atoms with Gasteiger partial charge in [0.2, 0.25) is 5.91 Å². The predicted molar refractivity (Wildman–Crippen MR) is 121 cm³/mol. The average Bonchev–Trinajstić information content (AvgIpc) is 3.21. The smallest absolute Gasteiger partial charge is 0.257 e. The second-order valence-electron chi connectivity index (χ2n) is 6.60. The maximum absolute atomic E-state index is 12.6. The number of aromatic nitrogens is 1. The van der Waals surface area contributed by atoms with Gasteiger partial charge in [0.05, 0.1) is 12.1 Å². The van der Waals surface area contributed by atoms with Crippen LogP contribution in [0.5, 0.6) is 0 Å². The van der Waals surface area contributed by atoms with E-state index in [4.69, 9.17) is 0 Å². The number of carbonyl (C=O) groups is 2. The first-order chi connectivity index (χ1) is 14.7. The lowest BCUT2D eigenvalue weighted by molar-refractivity contribution is -0.115. The molecule has 0 aliphatic heterocycles. The van der Waals surface area contributed by atoms with Crippen LogP contribution in [0.25, 0.3) is 11.1 Å². The molecule has 3 aromatic carbocycles. The Kier molecular flexibility index (Phi) is 5.96. The minimum atomic E-state index is -0.224. The maximum atomic E-state index is 12.6. The van der Waals surface area contributed by atoms with E-state index < -0.39 is 0 Å². The number of carbonyl (C=O) groups excluding carboxylic acids is 2. The van der Waals surface area contributed by atoms with Crippen LogP contribution in [-0.2, 0) is 11.2 Å². The van der Waals surface area contributed by atoms with Crippen molar-refractivity contribution in [3.63, 3.8) is 0 Å². The molecule has 4 rings (SSSR count). The van der Waals surface area contributed by atoms with Crippen LogP contribution >= 0.6 is 11.3 Å². The minimum absolute atomic E-state index is 0.126. The molecule has 1 aromatic heterocycles. The first kappa shape index (κ1) is 19.5. The van der Waals surface area contributed by atoms with Crippen molar-refractivity contribution < 1.29 is 9.59 Å². The lowest BCUT2D eigenvalue weighted by atomic mass is 10.0. The van der Waals surface area contributed by atoms with Gasteiger partial charge in [0.25, 0.3) is 5.91 Å². The van der Waals surface area contributed by atoms with E-state index in [2.05, 4.69) is 15.6 Å². The van der Waals surface area contributed by atoms with Crippen LogP contribution in [0.3, 0.4) is 0 Å². The molecule has 0 aliphatic rings. The molecule has 2 amide bonds. The number of nitrogens with one attached hydrogen (secondary N) is 2. The van der Waals surface area contributed by atoms with Gasteiger partial charge in [-0.2, -0.15) is 0 Å². The van der Waals surface area contributed by atoms with E-state index in [1.165, 1.54) is 11.3 Å². The number of thiazole rings is 1. The average molecular weight is 414 g/mol. The SMILES string of the molecule is O=C(Cc1csc(NC(=O)c2ccccc2)n1)Nc1ccccc1-c1ccccc1. The van der Waals surface area contributed by atoms with Gasteiger partial charge in [0.1, 0.15) is 0 Å². The van der Waals surface area contributed by atoms with E-state index in [1.807, 2.05) is 60.7 Å². The van der Waals surface area contributed by atoms with E-state index in [-0.39, 0.29) is 18.2 Å². The van der Waals surface area contributed by atoms with Crippen LogP contribution in [0.15, 0.2) is 90.3 Å². The molecule has 0 aliphatic carbocycles. The van der Waals surface area contributed by atoms with Crippen molar-refractivity contribution in [1.82, 2.24) is 4.98 Å². The molecule has 0 bridgehead atoms. The van der Waals surface area contributed by atoms with Crippen LogP contribution in [0.4, 0.5) is 10.8 Å². The van der Waals surface area contributed by atoms with Gasteiger partial charge in [-0.05, 0) is 23.8 Å². The number of para-hydroxylation sites is 1. The van der Waals surface area contributed by atoms with Crippen molar-refractivity contribution in [3.05, 3.63) is 102 Å². The molecule has 0 atom stereocenters. The Morgan fingerprint density at radius 3 is 2.23 bits per heavy atom. The van der Waals surface area contributed by atoms with Gasteiger partial charge in [-0.25, -0.2) is 4.98 Å². The zero-order chi connectivity index (χ0) is 20.8. The van der Waals surface area contributed by atoms with Gasteiger partial charge < -0.3 is 5.32 Å². The van der Waals surface area contributed by atoms with E-state index in [0.717, 1.165) is 16.8 Å². The van der Waals surface area contributed by atoms with Crippen LogP contribution in [0.1, 0.15) is 16.1 Å². The minimum Gasteiger partial charge on any atom is -0.325 e. The maximum Gasteiger partial charge on any atom is 0.257 e. The van der Waals surface area contributed by atoms with Gasteiger partial charge in [0, 0.05) is 22.2 Å². The van der Waals surface area contributed by atoms with Gasteiger partial charge in [-0.15, -0.1) is 11.3 Å². The number of hydrogen-bond acceptors (Lipinski definition) is 4. The fraction of sp³-hybridized carbons (Fsp3) is 0.0417. The number of hydrogen-bond donors (Lipinski definition) is 2. The molecule has 4 aromatic rings. The summed E-state index contributed by atoms with van der Waals surface area (Å²) in [6.07, 6.45) is 0.126. The summed E-state index contributed by atoms with van der Waals surface area (Å²) in [5.41, 5.74) is 3.91. The second-order valence-corrected chi connectivity index (χ2v) is 7.46. The third-order valence-electron chi connectivity index (χ3n) is 4.44. The molecule has 0 saturated carbocycles. The van der Waals surface area contributed by atoms with Crippen molar-refractivity contribution in [2.75, 3.05) is 10.6 Å². The lowest BCUT2D eigenvalue weighted by Crippen LogP contribution is -2.15. The van der Waals surface area contributed by atoms with Gasteiger partial charge >= 0.3 is 0 Å². The largest absolute Gasteiger partial charge is 0.325 e. The van der Waals surface area contributed by atoms with E-state index in [1.54, 1.807) is 29.6 Å². The Hall–Kier alpha value is -3.77. The fourth-order valence-corrected chi connectivity index (χ4v) is 3.73. The normalized spacial score (nSPS) is 10.4. The van der Waals surface area contributed by atoms with Crippen LogP contribution in [0.2, 0.25) is 0 Å². The molecule has 0 radical (unpaired) electrons. The Balaban J connectivity index is 1.41. The summed E-state index contributed by atoms with van der Waals surface area (Å²) in [4.78, 5) is 29.2. The monoisotopic (exact) mass is 413 g/mol. The first-order valence-corrected chi connectivity index (χ1v) is 10.3. The van der Waals surface area contributed by atoms with Crippen molar-refractivity contribution in [3.8, 4) is 11.1 Å². The molecule has 0 unspecified atom stereocenters. The summed E-state index contributed by atoms with van der Waals surface area (Å²) in [7, 11) is 0. The molecule has 0 fully saturated rings. The number of anilines is 2. The van der Waals surface area contributed by atoms with E-state index >= 15 is 0 Å². The first-order valence-electron chi connectivity index (χ1n) is 9.44. The highest BCUT2D eigenvalue weighted by atomic mass is 32.1. The summed E-state index contributed by atoms with van der Waals surface area (Å²) in [5, 5.41) is 7.99. The number of nitrogens with zero attached hydrogens (tertiary/aromatic N) is 1. The molecule has 5 nitrogen and oxygen atoms in total. The van der Waals surface area contributed by atoms with Gasteiger partial charge in [-0.1, -0.05) is 66.7 Å². The topological polar surface area (TPSA) is 71.1 Å². The molecule has 0 saturated heterocycles. The van der Waals surface area contributed by atoms with Gasteiger partial charge in [-0.3, -0.25) is 14.9 Å². The Morgan fingerprint density at radius 1 is 0.800 bits per heavy atom. The summed E-state index contributed by atoms with van der Waals surface area (Å²) in [6.45, 7) is 0.